The molecule has 0 saturated carbocycles. The van der Waals surface area contributed by atoms with Crippen molar-refractivity contribution in [1.29, 1.82) is 0 Å². The van der Waals surface area contributed by atoms with Crippen LogP contribution in [0.2, 0.25) is 0 Å². The monoisotopic (exact) mass is 488 g/mol. The number of nitrogens with one attached hydrogen (secondary N) is 1. The summed E-state index contributed by atoms with van der Waals surface area (Å²) >= 11 is 0. The van der Waals surface area contributed by atoms with Gasteiger partial charge in [0.25, 0.3) is 0 Å². The van der Waals surface area contributed by atoms with E-state index in [1.807, 2.05) is 25.2 Å². The maximum absolute atomic E-state index is 5.74. The molecule has 3 rings (SSSR count). The van der Waals surface area contributed by atoms with Crippen molar-refractivity contribution in [2.75, 3.05) is 66.1 Å². The van der Waals surface area contributed by atoms with Crippen LogP contribution in [0.15, 0.2) is 35.3 Å². The second kappa shape index (κ2) is 12.5. The summed E-state index contributed by atoms with van der Waals surface area (Å²) in [7, 11) is 1.86. The van der Waals surface area contributed by atoms with Crippen LogP contribution in [0, 0.1) is 5.92 Å². The summed E-state index contributed by atoms with van der Waals surface area (Å²) in [6.07, 6.45) is 1.24. The summed E-state index contributed by atoms with van der Waals surface area (Å²) in [6, 6.07) is 10.3. The Morgan fingerprint density at radius 3 is 2.74 bits per heavy atom. The average molecular weight is 488 g/mol. The fraction of sp³-hybridized carbons (Fsp3) is 0.650. The van der Waals surface area contributed by atoms with E-state index in [0.717, 1.165) is 57.8 Å². The van der Waals surface area contributed by atoms with Crippen molar-refractivity contribution in [3.63, 3.8) is 0 Å². The van der Waals surface area contributed by atoms with Crippen LogP contribution in [0.5, 0.6) is 0 Å². The summed E-state index contributed by atoms with van der Waals surface area (Å²) in [5, 5.41) is 3.44. The number of halogens is 1. The topological polar surface area (TPSA) is 49.3 Å². The zero-order valence-electron chi connectivity index (χ0n) is 16.3. The zero-order valence-corrected chi connectivity index (χ0v) is 18.6. The fourth-order valence-corrected chi connectivity index (χ4v) is 3.65. The van der Waals surface area contributed by atoms with E-state index >= 15 is 0 Å². The van der Waals surface area contributed by atoms with Gasteiger partial charge in [0.05, 0.1) is 26.4 Å². The van der Waals surface area contributed by atoms with Gasteiger partial charge < -0.3 is 19.7 Å². The lowest BCUT2D eigenvalue weighted by Crippen LogP contribution is -2.43. The molecule has 0 radical (unpaired) electrons. The quantitative estimate of drug-likeness (QED) is 0.276. The molecule has 6 nitrogen and oxygen atoms in total. The third-order valence-corrected chi connectivity index (χ3v) is 5.06. The number of likely N-dealkylation sites (tertiary alicyclic amines) is 1. The van der Waals surface area contributed by atoms with Crippen molar-refractivity contribution in [3.05, 3.63) is 35.9 Å². The molecular weight excluding hydrogens is 455 g/mol. The molecule has 1 aromatic carbocycles. The van der Waals surface area contributed by atoms with E-state index in [9.17, 15) is 0 Å². The lowest BCUT2D eigenvalue weighted by Gasteiger charge is -2.29. The predicted molar refractivity (Wildman–Crippen MR) is 120 cm³/mol. The van der Waals surface area contributed by atoms with Crippen LogP contribution in [0.4, 0.5) is 0 Å². The predicted octanol–water partition coefficient (Wildman–Crippen LogP) is 2.05. The first kappa shape index (κ1) is 22.4. The van der Waals surface area contributed by atoms with E-state index in [4.69, 9.17) is 9.47 Å². The van der Waals surface area contributed by atoms with Crippen LogP contribution in [-0.2, 0) is 16.1 Å². The van der Waals surface area contributed by atoms with Gasteiger partial charge in [0.15, 0.2) is 5.96 Å². The number of benzene rings is 1. The summed E-state index contributed by atoms with van der Waals surface area (Å²) < 4.78 is 11.2. The van der Waals surface area contributed by atoms with Crippen LogP contribution in [0.25, 0.3) is 0 Å². The molecule has 0 aromatic heterocycles. The van der Waals surface area contributed by atoms with Gasteiger partial charge in [0.2, 0.25) is 0 Å². The van der Waals surface area contributed by atoms with Gasteiger partial charge >= 0.3 is 0 Å². The first-order chi connectivity index (χ1) is 12.8. The van der Waals surface area contributed by atoms with Gasteiger partial charge in [-0.2, -0.15) is 0 Å². The van der Waals surface area contributed by atoms with Gasteiger partial charge in [0.1, 0.15) is 0 Å². The highest BCUT2D eigenvalue weighted by atomic mass is 127. The Labute approximate surface area is 180 Å². The molecule has 7 heteroatoms. The lowest BCUT2D eigenvalue weighted by atomic mass is 10.1. The van der Waals surface area contributed by atoms with E-state index in [0.29, 0.717) is 13.2 Å². The Morgan fingerprint density at radius 1 is 1.22 bits per heavy atom. The first-order valence-electron chi connectivity index (χ1n) is 9.72. The molecule has 1 aromatic rings. The van der Waals surface area contributed by atoms with Crippen LogP contribution < -0.4 is 5.32 Å². The van der Waals surface area contributed by atoms with Crippen molar-refractivity contribution in [1.82, 2.24) is 15.1 Å². The summed E-state index contributed by atoms with van der Waals surface area (Å²) in [6.45, 7) is 9.36. The van der Waals surface area contributed by atoms with E-state index < -0.39 is 0 Å². The van der Waals surface area contributed by atoms with Gasteiger partial charge in [-0.25, -0.2) is 0 Å². The van der Waals surface area contributed by atoms with Crippen molar-refractivity contribution < 1.29 is 9.47 Å². The van der Waals surface area contributed by atoms with Gasteiger partial charge in [0, 0.05) is 46.3 Å². The van der Waals surface area contributed by atoms with E-state index in [-0.39, 0.29) is 24.0 Å². The minimum absolute atomic E-state index is 0. The highest BCUT2D eigenvalue weighted by molar-refractivity contribution is 14.0. The molecule has 2 aliphatic rings. The maximum Gasteiger partial charge on any atom is 0.193 e. The number of aliphatic imine (C=N–C) groups is 1. The third kappa shape index (κ3) is 7.56. The molecule has 2 fully saturated rings. The first-order valence-corrected chi connectivity index (χ1v) is 9.72. The molecule has 0 aliphatic carbocycles. The Balaban J connectivity index is 0.00000261. The molecule has 0 amide bonds. The molecule has 27 heavy (non-hydrogen) atoms. The lowest BCUT2D eigenvalue weighted by molar-refractivity contribution is 0.0315. The van der Waals surface area contributed by atoms with Gasteiger partial charge in [-0.05, 0) is 17.9 Å². The number of morpholine rings is 1. The number of ether oxygens (including phenoxy) is 2. The summed E-state index contributed by atoms with van der Waals surface area (Å²) in [5.41, 5.74) is 1.21. The molecule has 1 atom stereocenters. The number of hydrogen-bond donors (Lipinski definition) is 1. The average Bonchev–Trinajstić information content (AvgIpc) is 3.14. The van der Waals surface area contributed by atoms with Crippen molar-refractivity contribution >= 4 is 29.9 Å². The number of guanidine groups is 1. The van der Waals surface area contributed by atoms with E-state index in [2.05, 4.69) is 32.2 Å². The second-order valence-corrected chi connectivity index (χ2v) is 7.03. The highest BCUT2D eigenvalue weighted by Crippen LogP contribution is 2.18. The van der Waals surface area contributed by atoms with Gasteiger partial charge in [-0.1, -0.05) is 30.3 Å². The van der Waals surface area contributed by atoms with E-state index in [1.54, 1.807) is 0 Å². The Hall–Kier alpha value is -0.900. The fourth-order valence-electron chi connectivity index (χ4n) is 3.65. The highest BCUT2D eigenvalue weighted by Gasteiger charge is 2.26. The standard InChI is InChI=1S/C20H32N4O2.HI/c1-21-20(22-8-12-26-17-18-5-3-2-4-6-18)24-9-7-19(16-24)15-23-10-13-25-14-11-23;/h2-6,19H,7-17H2,1H3,(H,21,22);1H. The molecule has 2 heterocycles. The van der Waals surface area contributed by atoms with Crippen LogP contribution in [-0.4, -0.2) is 81.9 Å². The normalized spacial score (nSPS) is 21.1. The molecule has 2 saturated heterocycles. The van der Waals surface area contributed by atoms with Gasteiger partial charge in [-0.15, -0.1) is 24.0 Å². The second-order valence-electron chi connectivity index (χ2n) is 7.03. The minimum atomic E-state index is 0. The Morgan fingerprint density at radius 2 is 2.00 bits per heavy atom. The number of rotatable bonds is 7. The molecule has 2 aliphatic heterocycles. The third-order valence-electron chi connectivity index (χ3n) is 5.06. The molecular formula is C20H33IN4O2. The minimum Gasteiger partial charge on any atom is -0.379 e. The van der Waals surface area contributed by atoms with Gasteiger partial charge in [-0.3, -0.25) is 9.89 Å². The SMILES string of the molecule is CN=C(NCCOCc1ccccc1)N1CCC(CN2CCOCC2)C1.I. The van der Waals surface area contributed by atoms with E-state index in [1.165, 1.54) is 18.5 Å². The van der Waals surface area contributed by atoms with Crippen molar-refractivity contribution in [3.8, 4) is 0 Å². The molecule has 152 valence electrons. The Bertz CT molecular complexity index is 552. The largest absolute Gasteiger partial charge is 0.379 e. The number of hydrogen-bond acceptors (Lipinski definition) is 4. The zero-order chi connectivity index (χ0) is 18.0. The van der Waals surface area contributed by atoms with Crippen LogP contribution in [0.1, 0.15) is 12.0 Å². The molecule has 1 unspecified atom stereocenters. The van der Waals surface area contributed by atoms with Crippen molar-refractivity contribution in [2.24, 2.45) is 10.9 Å². The summed E-state index contributed by atoms with van der Waals surface area (Å²) in [4.78, 5) is 9.36. The van der Waals surface area contributed by atoms with Crippen molar-refractivity contribution in [2.45, 2.75) is 13.0 Å². The molecule has 1 N–H and O–H groups in total. The molecule has 0 bridgehead atoms. The van der Waals surface area contributed by atoms with Crippen LogP contribution in [0.3, 0.4) is 0 Å². The Kier molecular flexibility index (Phi) is 10.4. The smallest absolute Gasteiger partial charge is 0.193 e. The summed E-state index contributed by atoms with van der Waals surface area (Å²) in [5.74, 6) is 1.72. The number of nitrogens with zero attached hydrogens (tertiary/aromatic N) is 3. The van der Waals surface area contributed by atoms with Crippen LogP contribution >= 0.6 is 24.0 Å². The molecule has 0 spiro atoms. The maximum atomic E-state index is 5.74.